The van der Waals surface area contributed by atoms with Crippen LogP contribution in [0.25, 0.3) is 11.1 Å². The molecule has 0 unspecified atom stereocenters. The summed E-state index contributed by atoms with van der Waals surface area (Å²) in [6, 6.07) is 12.8. The number of benzene rings is 2. The Morgan fingerprint density at radius 1 is 0.947 bits per heavy atom. The Bertz CT molecular complexity index is 607. The van der Waals surface area contributed by atoms with E-state index < -0.39 is 5.97 Å². The third-order valence-corrected chi connectivity index (χ3v) is 3.12. The Morgan fingerprint density at radius 2 is 1.53 bits per heavy atom. The van der Waals surface area contributed by atoms with E-state index in [0.717, 1.165) is 11.1 Å². The van der Waals surface area contributed by atoms with Gasteiger partial charge in [-0.1, -0.05) is 30.3 Å². The van der Waals surface area contributed by atoms with Gasteiger partial charge >= 0.3 is 5.97 Å². The van der Waals surface area contributed by atoms with Gasteiger partial charge in [-0.3, -0.25) is 4.79 Å². The fraction of sp³-hybridized carbons (Fsp3) is 0.125. The number of rotatable bonds is 3. The second-order valence-electron chi connectivity index (χ2n) is 4.42. The molecule has 96 valence electrons. The van der Waals surface area contributed by atoms with Crippen LogP contribution >= 0.6 is 0 Å². The van der Waals surface area contributed by atoms with Crippen molar-refractivity contribution in [3.63, 3.8) is 0 Å². The van der Waals surface area contributed by atoms with Crippen molar-refractivity contribution in [1.82, 2.24) is 0 Å². The summed E-state index contributed by atoms with van der Waals surface area (Å²) in [5.41, 5.74) is 2.78. The van der Waals surface area contributed by atoms with Crippen molar-refractivity contribution in [2.75, 3.05) is 0 Å². The van der Waals surface area contributed by atoms with Crippen LogP contribution < -0.4 is 0 Å². The lowest BCUT2D eigenvalue weighted by molar-refractivity contribution is 0.0696. The van der Waals surface area contributed by atoms with Crippen molar-refractivity contribution in [2.24, 2.45) is 0 Å². The average molecular weight is 254 g/mol. The molecule has 0 aliphatic heterocycles. The molecule has 0 fully saturated rings. The first-order valence-corrected chi connectivity index (χ1v) is 5.95. The van der Waals surface area contributed by atoms with Gasteiger partial charge in [-0.15, -0.1) is 0 Å². The Hall–Kier alpha value is -2.42. The van der Waals surface area contributed by atoms with Gasteiger partial charge in [0.05, 0.1) is 5.56 Å². The minimum absolute atomic E-state index is 0.127. The van der Waals surface area contributed by atoms with Crippen LogP contribution in [0.5, 0.6) is 0 Å². The molecular weight excluding hydrogens is 240 g/mol. The van der Waals surface area contributed by atoms with Crippen molar-refractivity contribution in [3.05, 3.63) is 59.2 Å². The molecule has 0 aromatic heterocycles. The van der Waals surface area contributed by atoms with Crippen molar-refractivity contribution in [3.8, 4) is 11.1 Å². The lowest BCUT2D eigenvalue weighted by Gasteiger charge is -2.10. The molecule has 0 aliphatic rings. The fourth-order valence-electron chi connectivity index (χ4n) is 2.10. The van der Waals surface area contributed by atoms with E-state index in [1.807, 2.05) is 30.3 Å². The predicted octanol–water partition coefficient (Wildman–Crippen LogP) is 3.56. The molecular formula is C16H14O3. The highest BCUT2D eigenvalue weighted by Gasteiger charge is 2.15. The molecule has 0 bridgehead atoms. The first kappa shape index (κ1) is 13.0. The number of carbonyl (C=O) groups is 2. The van der Waals surface area contributed by atoms with Crippen molar-refractivity contribution in [2.45, 2.75) is 13.8 Å². The molecule has 0 aliphatic carbocycles. The summed E-state index contributed by atoms with van der Waals surface area (Å²) < 4.78 is 0. The van der Waals surface area contributed by atoms with Gasteiger partial charge in [0.15, 0.2) is 5.78 Å². The van der Waals surface area contributed by atoms with E-state index in [2.05, 4.69) is 0 Å². The second-order valence-corrected chi connectivity index (χ2v) is 4.42. The topological polar surface area (TPSA) is 54.4 Å². The number of carboxylic acids is 1. The quantitative estimate of drug-likeness (QED) is 0.852. The fourth-order valence-corrected chi connectivity index (χ4v) is 2.10. The lowest BCUT2D eigenvalue weighted by atomic mass is 9.93. The minimum atomic E-state index is -1.02. The van der Waals surface area contributed by atoms with Gasteiger partial charge in [-0.2, -0.15) is 0 Å². The van der Waals surface area contributed by atoms with Crippen LogP contribution in [0, 0.1) is 6.92 Å². The summed E-state index contributed by atoms with van der Waals surface area (Å²) in [7, 11) is 0. The van der Waals surface area contributed by atoms with Crippen molar-refractivity contribution in [1.29, 1.82) is 0 Å². The Morgan fingerprint density at radius 3 is 2.05 bits per heavy atom. The van der Waals surface area contributed by atoms with Gasteiger partial charge in [0, 0.05) is 5.56 Å². The first-order chi connectivity index (χ1) is 9.00. The number of Topliss-reactive ketones (excluding diaryl/α,β-unsaturated/α-hetero) is 1. The number of aromatic carboxylic acids is 1. The molecule has 0 heterocycles. The summed E-state index contributed by atoms with van der Waals surface area (Å²) in [5, 5.41) is 9.23. The van der Waals surface area contributed by atoms with E-state index >= 15 is 0 Å². The molecule has 3 heteroatoms. The molecule has 0 spiro atoms. The lowest BCUT2D eigenvalue weighted by Crippen LogP contribution is -2.06. The summed E-state index contributed by atoms with van der Waals surface area (Å²) >= 11 is 0. The first-order valence-electron chi connectivity index (χ1n) is 5.95. The van der Waals surface area contributed by atoms with Gasteiger partial charge in [0.1, 0.15) is 0 Å². The number of carbonyl (C=O) groups excluding carboxylic acids is 1. The maximum Gasteiger partial charge on any atom is 0.335 e. The monoisotopic (exact) mass is 254 g/mol. The maximum atomic E-state index is 11.6. The van der Waals surface area contributed by atoms with Gasteiger partial charge in [-0.25, -0.2) is 4.79 Å². The molecule has 0 atom stereocenters. The number of hydrogen-bond donors (Lipinski definition) is 1. The van der Waals surface area contributed by atoms with Crippen LogP contribution in [0.15, 0.2) is 42.5 Å². The molecule has 2 aromatic carbocycles. The largest absolute Gasteiger partial charge is 0.478 e. The summed E-state index contributed by atoms with van der Waals surface area (Å²) in [6.45, 7) is 3.11. The number of ketones is 1. The third-order valence-electron chi connectivity index (χ3n) is 3.12. The molecule has 3 nitrogen and oxygen atoms in total. The highest BCUT2D eigenvalue weighted by molar-refractivity contribution is 6.01. The van der Waals surface area contributed by atoms with E-state index in [-0.39, 0.29) is 11.3 Å². The van der Waals surface area contributed by atoms with Crippen LogP contribution in [0.4, 0.5) is 0 Å². The van der Waals surface area contributed by atoms with E-state index in [1.54, 1.807) is 19.1 Å². The van der Waals surface area contributed by atoms with E-state index in [4.69, 9.17) is 0 Å². The number of hydrogen-bond acceptors (Lipinski definition) is 2. The highest BCUT2D eigenvalue weighted by atomic mass is 16.4. The summed E-state index contributed by atoms with van der Waals surface area (Å²) in [4.78, 5) is 22.9. The van der Waals surface area contributed by atoms with Crippen LogP contribution in [0.1, 0.15) is 33.2 Å². The molecule has 0 amide bonds. The second kappa shape index (κ2) is 5.06. The van der Waals surface area contributed by atoms with Crippen LogP contribution in [0.3, 0.4) is 0 Å². The normalized spacial score (nSPS) is 10.2. The summed E-state index contributed by atoms with van der Waals surface area (Å²) in [5.74, 6) is -1.14. The van der Waals surface area contributed by atoms with Gasteiger partial charge in [0.2, 0.25) is 0 Å². The molecule has 0 saturated carbocycles. The molecule has 0 radical (unpaired) electrons. The zero-order valence-corrected chi connectivity index (χ0v) is 10.8. The standard InChI is InChI=1S/C16H14O3/c1-10-14(11(2)17)8-13(9-15(10)16(18)19)12-6-4-3-5-7-12/h3-9H,1-2H3,(H,18,19). The van der Waals surface area contributed by atoms with E-state index in [9.17, 15) is 14.7 Å². The number of carboxylic acid groups (broad SMARTS) is 1. The van der Waals surface area contributed by atoms with Crippen LogP contribution in [-0.2, 0) is 0 Å². The zero-order chi connectivity index (χ0) is 14.0. The smallest absolute Gasteiger partial charge is 0.335 e. The van der Waals surface area contributed by atoms with Crippen LogP contribution in [0.2, 0.25) is 0 Å². The van der Waals surface area contributed by atoms with E-state index in [1.165, 1.54) is 6.92 Å². The Balaban J connectivity index is 2.70. The van der Waals surface area contributed by atoms with Gasteiger partial charge in [-0.05, 0) is 42.7 Å². The third kappa shape index (κ3) is 2.55. The molecule has 2 aromatic rings. The SMILES string of the molecule is CC(=O)c1cc(-c2ccccc2)cc(C(=O)O)c1C. The Labute approximate surface area is 111 Å². The average Bonchev–Trinajstić information content (AvgIpc) is 2.39. The molecule has 19 heavy (non-hydrogen) atoms. The predicted molar refractivity (Wildman–Crippen MR) is 73.6 cm³/mol. The molecule has 1 N–H and O–H groups in total. The summed E-state index contributed by atoms with van der Waals surface area (Å²) in [6.07, 6.45) is 0. The van der Waals surface area contributed by atoms with Crippen molar-refractivity contribution >= 4 is 11.8 Å². The zero-order valence-electron chi connectivity index (χ0n) is 10.8. The van der Waals surface area contributed by atoms with Crippen molar-refractivity contribution < 1.29 is 14.7 Å². The molecule has 2 rings (SSSR count). The van der Waals surface area contributed by atoms with Gasteiger partial charge < -0.3 is 5.11 Å². The maximum absolute atomic E-state index is 11.6. The van der Waals surface area contributed by atoms with Gasteiger partial charge in [0.25, 0.3) is 0 Å². The minimum Gasteiger partial charge on any atom is -0.478 e. The molecule has 0 saturated heterocycles. The van der Waals surface area contributed by atoms with Crippen LogP contribution in [-0.4, -0.2) is 16.9 Å². The Kier molecular flexibility index (Phi) is 3.47. The van der Waals surface area contributed by atoms with E-state index in [0.29, 0.717) is 11.1 Å². The highest BCUT2D eigenvalue weighted by Crippen LogP contribution is 2.26.